The number of hydrogen-bond acceptors (Lipinski definition) is 4. The van der Waals surface area contributed by atoms with Crippen molar-refractivity contribution in [3.05, 3.63) is 16.6 Å². The molecule has 0 aliphatic carbocycles. The minimum atomic E-state index is -0.730. The summed E-state index contributed by atoms with van der Waals surface area (Å²) in [6.07, 6.45) is 1.77. The van der Waals surface area contributed by atoms with Gasteiger partial charge in [-0.15, -0.1) is 11.3 Å². The van der Waals surface area contributed by atoms with Gasteiger partial charge in [-0.3, -0.25) is 4.79 Å². The second-order valence-electron chi connectivity index (χ2n) is 2.68. The van der Waals surface area contributed by atoms with E-state index in [0.29, 0.717) is 5.75 Å². The molecule has 5 heteroatoms. The van der Waals surface area contributed by atoms with Crippen LogP contribution in [0.2, 0.25) is 0 Å². The highest BCUT2D eigenvalue weighted by atomic mass is 32.2. The summed E-state index contributed by atoms with van der Waals surface area (Å²) in [4.78, 5) is 14.6. The SMILES string of the molecule is CC(CSCc1nccs1)C(=O)O. The first-order chi connectivity index (χ1) is 6.20. The Bertz CT molecular complexity index is 261. The Balaban J connectivity index is 2.18. The highest BCUT2D eigenvalue weighted by Gasteiger charge is 2.10. The van der Waals surface area contributed by atoms with Crippen LogP contribution in [-0.2, 0) is 10.5 Å². The molecule has 1 aromatic rings. The molecule has 3 nitrogen and oxygen atoms in total. The third-order valence-corrected chi connectivity index (χ3v) is 3.67. The highest BCUT2D eigenvalue weighted by Crippen LogP contribution is 2.16. The van der Waals surface area contributed by atoms with E-state index in [2.05, 4.69) is 4.98 Å². The van der Waals surface area contributed by atoms with Crippen molar-refractivity contribution in [2.75, 3.05) is 5.75 Å². The summed E-state index contributed by atoms with van der Waals surface area (Å²) in [7, 11) is 0. The van der Waals surface area contributed by atoms with Gasteiger partial charge >= 0.3 is 5.97 Å². The van der Waals surface area contributed by atoms with E-state index in [-0.39, 0.29) is 5.92 Å². The fraction of sp³-hybridized carbons (Fsp3) is 0.500. The van der Waals surface area contributed by atoms with E-state index in [1.165, 1.54) is 0 Å². The number of thiazole rings is 1. The molecule has 0 aliphatic rings. The Kier molecular flexibility index (Phi) is 4.24. The number of aliphatic carboxylic acids is 1. The van der Waals surface area contributed by atoms with Crippen LogP contribution in [0.15, 0.2) is 11.6 Å². The molecule has 1 heterocycles. The second kappa shape index (κ2) is 5.24. The third kappa shape index (κ3) is 3.78. The predicted molar refractivity (Wildman–Crippen MR) is 55.1 cm³/mol. The van der Waals surface area contributed by atoms with E-state index in [9.17, 15) is 4.79 Å². The largest absolute Gasteiger partial charge is 0.481 e. The molecule has 1 aromatic heterocycles. The lowest BCUT2D eigenvalue weighted by Gasteiger charge is -2.03. The van der Waals surface area contributed by atoms with Crippen molar-refractivity contribution in [2.24, 2.45) is 5.92 Å². The molecule has 0 bridgehead atoms. The van der Waals surface area contributed by atoms with Crippen molar-refractivity contribution in [2.45, 2.75) is 12.7 Å². The van der Waals surface area contributed by atoms with E-state index in [1.807, 2.05) is 5.38 Å². The van der Waals surface area contributed by atoms with Crippen molar-refractivity contribution in [3.8, 4) is 0 Å². The Morgan fingerprint density at radius 3 is 3.15 bits per heavy atom. The minimum absolute atomic E-state index is 0.273. The van der Waals surface area contributed by atoms with Gasteiger partial charge in [0.05, 0.1) is 5.92 Å². The molecule has 0 saturated heterocycles. The molecule has 0 spiro atoms. The zero-order valence-electron chi connectivity index (χ0n) is 7.27. The number of carboxylic acid groups (broad SMARTS) is 1. The monoisotopic (exact) mass is 217 g/mol. The van der Waals surface area contributed by atoms with Gasteiger partial charge in [0.2, 0.25) is 0 Å². The smallest absolute Gasteiger partial charge is 0.307 e. The number of thioether (sulfide) groups is 1. The molecule has 13 heavy (non-hydrogen) atoms. The first-order valence-corrected chi connectivity index (χ1v) is 5.92. The van der Waals surface area contributed by atoms with Crippen LogP contribution in [0.3, 0.4) is 0 Å². The number of carboxylic acids is 1. The molecule has 1 rings (SSSR count). The highest BCUT2D eigenvalue weighted by molar-refractivity contribution is 7.98. The average Bonchev–Trinajstić information content (AvgIpc) is 2.56. The van der Waals surface area contributed by atoms with Crippen LogP contribution in [0, 0.1) is 5.92 Å². The molecule has 1 N–H and O–H groups in total. The molecular formula is C8H11NO2S2. The molecule has 0 aromatic carbocycles. The minimum Gasteiger partial charge on any atom is -0.481 e. The fourth-order valence-corrected chi connectivity index (χ4v) is 2.50. The van der Waals surface area contributed by atoms with E-state index in [4.69, 9.17) is 5.11 Å². The summed E-state index contributed by atoms with van der Waals surface area (Å²) < 4.78 is 0. The summed E-state index contributed by atoms with van der Waals surface area (Å²) in [5, 5.41) is 11.6. The lowest BCUT2D eigenvalue weighted by Crippen LogP contribution is -2.11. The van der Waals surface area contributed by atoms with Crippen LogP contribution in [0.25, 0.3) is 0 Å². The van der Waals surface area contributed by atoms with E-state index >= 15 is 0 Å². The predicted octanol–water partition coefficient (Wildman–Crippen LogP) is 2.10. The second-order valence-corrected chi connectivity index (χ2v) is 4.69. The van der Waals surface area contributed by atoms with Gasteiger partial charge in [-0.2, -0.15) is 11.8 Å². The lowest BCUT2D eigenvalue weighted by molar-refractivity contribution is -0.140. The van der Waals surface area contributed by atoms with Crippen LogP contribution in [0.1, 0.15) is 11.9 Å². The summed E-state index contributed by atoms with van der Waals surface area (Å²) in [5.41, 5.74) is 0. The Hall–Kier alpha value is -0.550. The maximum absolute atomic E-state index is 10.5. The quantitative estimate of drug-likeness (QED) is 0.820. The number of nitrogens with zero attached hydrogens (tertiary/aromatic N) is 1. The lowest BCUT2D eigenvalue weighted by atomic mass is 10.2. The molecule has 0 saturated carbocycles. The molecular weight excluding hydrogens is 206 g/mol. The normalized spacial score (nSPS) is 12.7. The number of hydrogen-bond donors (Lipinski definition) is 1. The van der Waals surface area contributed by atoms with Crippen molar-refractivity contribution >= 4 is 29.1 Å². The van der Waals surface area contributed by atoms with Gasteiger partial charge in [0.25, 0.3) is 0 Å². The molecule has 0 amide bonds. The van der Waals surface area contributed by atoms with Gasteiger partial charge in [-0.1, -0.05) is 6.92 Å². The van der Waals surface area contributed by atoms with Crippen LogP contribution >= 0.6 is 23.1 Å². The zero-order valence-corrected chi connectivity index (χ0v) is 8.90. The van der Waals surface area contributed by atoms with Gasteiger partial charge in [0.1, 0.15) is 5.01 Å². The molecule has 1 unspecified atom stereocenters. The van der Waals surface area contributed by atoms with E-state index in [1.54, 1.807) is 36.2 Å². The zero-order chi connectivity index (χ0) is 9.68. The number of carbonyl (C=O) groups is 1. The number of rotatable bonds is 5. The van der Waals surface area contributed by atoms with Gasteiger partial charge in [0.15, 0.2) is 0 Å². The van der Waals surface area contributed by atoms with Crippen molar-refractivity contribution in [1.82, 2.24) is 4.98 Å². The first-order valence-electron chi connectivity index (χ1n) is 3.89. The van der Waals surface area contributed by atoms with Crippen LogP contribution in [-0.4, -0.2) is 21.8 Å². The average molecular weight is 217 g/mol. The summed E-state index contributed by atoms with van der Waals surface area (Å²) in [6, 6.07) is 0. The van der Waals surface area contributed by atoms with Gasteiger partial charge in [0, 0.05) is 23.1 Å². The first kappa shape index (κ1) is 10.5. The Labute approximate surface area is 85.2 Å². The molecule has 0 aliphatic heterocycles. The maximum atomic E-state index is 10.5. The molecule has 72 valence electrons. The van der Waals surface area contributed by atoms with Gasteiger partial charge in [-0.05, 0) is 0 Å². The Morgan fingerprint density at radius 2 is 2.62 bits per heavy atom. The fourth-order valence-electron chi connectivity index (χ4n) is 0.719. The van der Waals surface area contributed by atoms with Crippen LogP contribution < -0.4 is 0 Å². The van der Waals surface area contributed by atoms with Crippen LogP contribution in [0.4, 0.5) is 0 Å². The summed E-state index contributed by atoms with van der Waals surface area (Å²) in [5.74, 6) is 0.459. The van der Waals surface area contributed by atoms with Crippen molar-refractivity contribution < 1.29 is 9.90 Å². The third-order valence-electron chi connectivity index (χ3n) is 1.50. The molecule has 0 fully saturated rings. The summed E-state index contributed by atoms with van der Waals surface area (Å²) >= 11 is 3.22. The van der Waals surface area contributed by atoms with Gasteiger partial charge < -0.3 is 5.11 Å². The number of aromatic nitrogens is 1. The van der Waals surface area contributed by atoms with Gasteiger partial charge in [-0.25, -0.2) is 4.98 Å². The summed E-state index contributed by atoms with van der Waals surface area (Å²) in [6.45, 7) is 1.72. The standard InChI is InChI=1S/C8H11NO2S2/c1-6(8(10)11)4-12-5-7-9-2-3-13-7/h2-3,6H,4-5H2,1H3,(H,10,11). The van der Waals surface area contributed by atoms with Crippen molar-refractivity contribution in [3.63, 3.8) is 0 Å². The van der Waals surface area contributed by atoms with Crippen molar-refractivity contribution in [1.29, 1.82) is 0 Å². The Morgan fingerprint density at radius 1 is 1.85 bits per heavy atom. The van der Waals surface area contributed by atoms with Crippen LogP contribution in [0.5, 0.6) is 0 Å². The van der Waals surface area contributed by atoms with E-state index < -0.39 is 5.97 Å². The molecule has 0 radical (unpaired) electrons. The van der Waals surface area contributed by atoms with E-state index in [0.717, 1.165) is 10.8 Å². The topological polar surface area (TPSA) is 50.2 Å². The maximum Gasteiger partial charge on any atom is 0.307 e. The molecule has 1 atom stereocenters.